The van der Waals surface area contributed by atoms with E-state index in [0.717, 1.165) is 34.4 Å². The van der Waals surface area contributed by atoms with Crippen LogP contribution < -0.4 is 5.73 Å². The van der Waals surface area contributed by atoms with E-state index < -0.39 is 0 Å². The molecule has 0 spiro atoms. The number of nitrogen functional groups attached to an aromatic ring is 1. The lowest BCUT2D eigenvalue weighted by Crippen LogP contribution is -2.17. The molecule has 2 aromatic carbocycles. The van der Waals surface area contributed by atoms with Crippen molar-refractivity contribution in [2.24, 2.45) is 0 Å². The van der Waals surface area contributed by atoms with E-state index in [4.69, 9.17) is 11.0 Å². The third-order valence-electron chi connectivity index (χ3n) is 2.94. The molecule has 2 N–H and O–H groups in total. The first-order valence-electron chi connectivity index (χ1n) is 6.29. The monoisotopic (exact) mass is 329 g/mol. The summed E-state index contributed by atoms with van der Waals surface area (Å²) in [6.07, 6.45) is 0. The maximum Gasteiger partial charge on any atom is 0.0991 e. The summed E-state index contributed by atoms with van der Waals surface area (Å²) >= 11 is 3.45. The summed E-state index contributed by atoms with van der Waals surface area (Å²) in [6, 6.07) is 15.8. The molecule has 0 amide bonds. The molecule has 0 atom stereocenters. The highest BCUT2D eigenvalue weighted by atomic mass is 79.9. The minimum Gasteiger partial charge on any atom is -0.399 e. The third kappa shape index (κ3) is 4.09. The molecule has 0 heterocycles. The topological polar surface area (TPSA) is 53.0 Å². The van der Waals surface area contributed by atoms with Crippen LogP contribution >= 0.6 is 15.9 Å². The SMILES string of the molecule is CN(Cc1cc(N)cc(Br)c1)Cc1cccc(C#N)c1. The number of anilines is 1. The van der Waals surface area contributed by atoms with E-state index in [1.807, 2.05) is 36.4 Å². The molecule has 2 aromatic rings. The highest BCUT2D eigenvalue weighted by Crippen LogP contribution is 2.19. The van der Waals surface area contributed by atoms with E-state index in [1.165, 1.54) is 0 Å². The Bertz CT molecular complexity index is 626. The van der Waals surface area contributed by atoms with Gasteiger partial charge in [-0.3, -0.25) is 4.90 Å². The first-order chi connectivity index (χ1) is 9.56. The van der Waals surface area contributed by atoms with Crippen LogP contribution in [0.15, 0.2) is 46.9 Å². The van der Waals surface area contributed by atoms with Gasteiger partial charge in [-0.05, 0) is 48.5 Å². The molecule has 0 saturated carbocycles. The van der Waals surface area contributed by atoms with Gasteiger partial charge in [-0.1, -0.05) is 28.1 Å². The largest absolute Gasteiger partial charge is 0.399 e. The molecule has 2 rings (SSSR count). The Balaban J connectivity index is 2.05. The highest BCUT2D eigenvalue weighted by molar-refractivity contribution is 9.10. The van der Waals surface area contributed by atoms with Crippen LogP contribution in [0, 0.1) is 11.3 Å². The van der Waals surface area contributed by atoms with Gasteiger partial charge in [0.25, 0.3) is 0 Å². The van der Waals surface area contributed by atoms with Gasteiger partial charge in [0.1, 0.15) is 0 Å². The molecule has 102 valence electrons. The second kappa shape index (κ2) is 6.56. The van der Waals surface area contributed by atoms with E-state index in [0.29, 0.717) is 5.56 Å². The summed E-state index contributed by atoms with van der Waals surface area (Å²) in [6.45, 7) is 1.60. The second-order valence-corrected chi connectivity index (χ2v) is 5.79. The van der Waals surface area contributed by atoms with Crippen molar-refractivity contribution >= 4 is 21.6 Å². The van der Waals surface area contributed by atoms with Crippen molar-refractivity contribution in [3.8, 4) is 6.07 Å². The minimum absolute atomic E-state index is 0.697. The Morgan fingerprint density at radius 3 is 2.60 bits per heavy atom. The third-order valence-corrected chi connectivity index (χ3v) is 3.40. The van der Waals surface area contributed by atoms with Crippen molar-refractivity contribution in [3.63, 3.8) is 0 Å². The molecule has 0 bridgehead atoms. The lowest BCUT2D eigenvalue weighted by molar-refractivity contribution is 0.319. The number of nitrogens with two attached hydrogens (primary N) is 1. The molecule has 0 aromatic heterocycles. The molecule has 0 aliphatic rings. The van der Waals surface area contributed by atoms with E-state index in [2.05, 4.69) is 40.0 Å². The lowest BCUT2D eigenvalue weighted by atomic mass is 10.1. The Hall–Kier alpha value is -1.83. The summed E-state index contributed by atoms with van der Waals surface area (Å²) in [5.41, 5.74) is 9.59. The average molecular weight is 330 g/mol. The smallest absolute Gasteiger partial charge is 0.0991 e. The molecule has 4 heteroatoms. The fourth-order valence-electron chi connectivity index (χ4n) is 2.19. The van der Waals surface area contributed by atoms with Gasteiger partial charge < -0.3 is 5.73 Å². The quantitative estimate of drug-likeness (QED) is 0.873. The number of halogens is 1. The molecular weight excluding hydrogens is 314 g/mol. The zero-order valence-corrected chi connectivity index (χ0v) is 12.9. The summed E-state index contributed by atoms with van der Waals surface area (Å²) in [5, 5.41) is 8.91. The normalized spacial score (nSPS) is 10.5. The van der Waals surface area contributed by atoms with E-state index in [-0.39, 0.29) is 0 Å². The Morgan fingerprint density at radius 1 is 1.15 bits per heavy atom. The number of nitrogens with zero attached hydrogens (tertiary/aromatic N) is 2. The predicted octanol–water partition coefficient (Wildman–Crippen LogP) is 3.53. The fraction of sp³-hybridized carbons (Fsp3) is 0.188. The predicted molar refractivity (Wildman–Crippen MR) is 84.9 cm³/mol. The molecular formula is C16H16BrN3. The Labute approximate surface area is 127 Å². The van der Waals surface area contributed by atoms with Gasteiger partial charge in [0.15, 0.2) is 0 Å². The van der Waals surface area contributed by atoms with Gasteiger partial charge >= 0.3 is 0 Å². The van der Waals surface area contributed by atoms with Crippen LogP contribution in [-0.4, -0.2) is 11.9 Å². The van der Waals surface area contributed by atoms with Crippen molar-refractivity contribution in [3.05, 3.63) is 63.6 Å². The van der Waals surface area contributed by atoms with Crippen molar-refractivity contribution in [1.82, 2.24) is 4.90 Å². The second-order valence-electron chi connectivity index (χ2n) is 4.88. The molecule has 0 saturated heterocycles. The van der Waals surface area contributed by atoms with E-state index >= 15 is 0 Å². The summed E-state index contributed by atoms with van der Waals surface area (Å²) < 4.78 is 0.993. The summed E-state index contributed by atoms with van der Waals surface area (Å²) in [5.74, 6) is 0. The number of benzene rings is 2. The van der Waals surface area contributed by atoms with Crippen molar-refractivity contribution in [1.29, 1.82) is 5.26 Å². The Kier molecular flexibility index (Phi) is 4.78. The van der Waals surface area contributed by atoms with Crippen LogP contribution in [0.1, 0.15) is 16.7 Å². The maximum absolute atomic E-state index is 8.91. The average Bonchev–Trinajstić information content (AvgIpc) is 2.37. The zero-order chi connectivity index (χ0) is 14.5. The molecule has 0 fully saturated rings. The van der Waals surface area contributed by atoms with Gasteiger partial charge in [0.05, 0.1) is 11.6 Å². The number of hydrogen-bond donors (Lipinski definition) is 1. The molecule has 0 unspecified atom stereocenters. The molecule has 20 heavy (non-hydrogen) atoms. The van der Waals surface area contributed by atoms with Gasteiger partial charge in [0, 0.05) is 23.2 Å². The van der Waals surface area contributed by atoms with Gasteiger partial charge in [-0.2, -0.15) is 5.26 Å². The number of hydrogen-bond acceptors (Lipinski definition) is 3. The summed E-state index contributed by atoms with van der Waals surface area (Å²) in [4.78, 5) is 2.19. The van der Waals surface area contributed by atoms with Gasteiger partial charge in [-0.25, -0.2) is 0 Å². The van der Waals surface area contributed by atoms with Crippen molar-refractivity contribution in [2.45, 2.75) is 13.1 Å². The van der Waals surface area contributed by atoms with E-state index in [1.54, 1.807) is 0 Å². The minimum atomic E-state index is 0.697. The van der Waals surface area contributed by atoms with Gasteiger partial charge in [0.2, 0.25) is 0 Å². The van der Waals surface area contributed by atoms with Crippen LogP contribution in [0.3, 0.4) is 0 Å². The van der Waals surface area contributed by atoms with E-state index in [9.17, 15) is 0 Å². The van der Waals surface area contributed by atoms with Crippen LogP contribution in [0.5, 0.6) is 0 Å². The first-order valence-corrected chi connectivity index (χ1v) is 7.08. The summed E-state index contributed by atoms with van der Waals surface area (Å²) in [7, 11) is 2.05. The number of nitriles is 1. The van der Waals surface area contributed by atoms with Crippen molar-refractivity contribution in [2.75, 3.05) is 12.8 Å². The number of rotatable bonds is 4. The van der Waals surface area contributed by atoms with Crippen LogP contribution in [0.2, 0.25) is 0 Å². The molecule has 0 radical (unpaired) electrons. The maximum atomic E-state index is 8.91. The van der Waals surface area contributed by atoms with Crippen molar-refractivity contribution < 1.29 is 0 Å². The first kappa shape index (κ1) is 14.6. The molecule has 0 aliphatic carbocycles. The Morgan fingerprint density at radius 2 is 1.90 bits per heavy atom. The molecule has 3 nitrogen and oxygen atoms in total. The van der Waals surface area contributed by atoms with Crippen LogP contribution in [0.4, 0.5) is 5.69 Å². The van der Waals surface area contributed by atoms with Gasteiger partial charge in [-0.15, -0.1) is 0 Å². The highest BCUT2D eigenvalue weighted by Gasteiger charge is 2.04. The fourth-order valence-corrected chi connectivity index (χ4v) is 2.74. The van der Waals surface area contributed by atoms with Crippen LogP contribution in [0.25, 0.3) is 0 Å². The standard InChI is InChI=1S/C16H16BrN3/c1-20(10-13-4-2-3-12(5-13)9-18)11-14-6-15(17)8-16(19)7-14/h2-8H,10-11,19H2,1H3. The lowest BCUT2D eigenvalue weighted by Gasteiger charge is -2.17. The van der Waals surface area contributed by atoms with Crippen LogP contribution in [-0.2, 0) is 13.1 Å². The zero-order valence-electron chi connectivity index (χ0n) is 11.3. The molecule has 0 aliphatic heterocycles.